The van der Waals surface area contributed by atoms with Crippen LogP contribution in [0.5, 0.6) is 0 Å². The summed E-state index contributed by atoms with van der Waals surface area (Å²) < 4.78 is 19.9. The highest BCUT2D eigenvalue weighted by atomic mass is 19.1. The first-order chi connectivity index (χ1) is 8.86. The zero-order valence-electron chi connectivity index (χ0n) is 10.5. The van der Waals surface area contributed by atoms with Gasteiger partial charge in [0.25, 0.3) is 0 Å². The van der Waals surface area contributed by atoms with Gasteiger partial charge in [0.1, 0.15) is 5.82 Å². The second-order valence-corrected chi connectivity index (χ2v) is 4.93. The molecule has 0 aromatic heterocycles. The number of rotatable bonds is 2. The molecule has 0 amide bonds. The summed E-state index contributed by atoms with van der Waals surface area (Å²) in [5, 5.41) is 3.27. The molecule has 2 fully saturated rings. The van der Waals surface area contributed by atoms with Crippen LogP contribution in [0, 0.1) is 5.82 Å². The van der Waals surface area contributed by atoms with E-state index in [1.165, 1.54) is 18.9 Å². The van der Waals surface area contributed by atoms with Gasteiger partial charge in [0, 0.05) is 37.4 Å². The van der Waals surface area contributed by atoms with Crippen molar-refractivity contribution in [1.29, 1.82) is 0 Å². The fourth-order valence-electron chi connectivity index (χ4n) is 2.83. The largest absolute Gasteiger partial charge is 0.371 e. The molecule has 2 saturated heterocycles. The Morgan fingerprint density at radius 3 is 2.83 bits per heavy atom. The topological polar surface area (TPSA) is 24.5 Å². The van der Waals surface area contributed by atoms with Crippen molar-refractivity contribution < 1.29 is 9.13 Å². The van der Waals surface area contributed by atoms with E-state index in [1.54, 1.807) is 6.07 Å². The quantitative estimate of drug-likeness (QED) is 0.870. The standard InChI is InChI=1S/C14H19FN2O/c15-11-4-3-5-12(17-7-1-2-8-17)14(11)13-10-16-6-9-18-13/h3-5,13,16H,1-2,6-10H2. The Balaban J connectivity index is 1.94. The third kappa shape index (κ3) is 2.22. The molecule has 2 heterocycles. The van der Waals surface area contributed by atoms with Crippen molar-refractivity contribution in [1.82, 2.24) is 5.32 Å². The Hall–Kier alpha value is -1.13. The van der Waals surface area contributed by atoms with Crippen LogP contribution in [0.2, 0.25) is 0 Å². The minimum absolute atomic E-state index is 0.145. The van der Waals surface area contributed by atoms with Gasteiger partial charge in [-0.15, -0.1) is 0 Å². The van der Waals surface area contributed by atoms with Gasteiger partial charge in [0.15, 0.2) is 0 Å². The van der Waals surface area contributed by atoms with E-state index in [1.807, 2.05) is 6.07 Å². The molecule has 0 bridgehead atoms. The van der Waals surface area contributed by atoms with Gasteiger partial charge < -0.3 is 15.0 Å². The second-order valence-electron chi connectivity index (χ2n) is 4.93. The Bertz CT molecular complexity index is 412. The summed E-state index contributed by atoms with van der Waals surface area (Å²) in [6.07, 6.45) is 2.23. The molecule has 3 nitrogen and oxygen atoms in total. The fraction of sp³-hybridized carbons (Fsp3) is 0.571. The minimum atomic E-state index is -0.157. The van der Waals surface area contributed by atoms with Crippen molar-refractivity contribution in [3.63, 3.8) is 0 Å². The number of nitrogens with zero attached hydrogens (tertiary/aromatic N) is 1. The van der Waals surface area contributed by atoms with Crippen molar-refractivity contribution >= 4 is 5.69 Å². The van der Waals surface area contributed by atoms with Crippen LogP contribution in [0.4, 0.5) is 10.1 Å². The van der Waals surface area contributed by atoms with E-state index >= 15 is 0 Å². The molecule has 1 aromatic carbocycles. The van der Waals surface area contributed by atoms with Crippen LogP contribution in [0.15, 0.2) is 18.2 Å². The van der Waals surface area contributed by atoms with Crippen LogP contribution in [-0.4, -0.2) is 32.8 Å². The van der Waals surface area contributed by atoms with Crippen LogP contribution >= 0.6 is 0 Å². The SMILES string of the molecule is Fc1cccc(N2CCCC2)c1C1CNCCO1. The van der Waals surface area contributed by atoms with Crippen molar-refractivity contribution in [2.24, 2.45) is 0 Å². The van der Waals surface area contributed by atoms with Gasteiger partial charge >= 0.3 is 0 Å². The molecule has 3 rings (SSSR count). The van der Waals surface area contributed by atoms with Gasteiger partial charge in [-0.3, -0.25) is 0 Å². The number of ether oxygens (including phenoxy) is 1. The lowest BCUT2D eigenvalue weighted by Crippen LogP contribution is -2.35. The molecule has 0 aliphatic carbocycles. The number of hydrogen-bond acceptors (Lipinski definition) is 3. The van der Waals surface area contributed by atoms with E-state index in [0.717, 1.165) is 30.9 Å². The number of morpholine rings is 1. The molecule has 1 atom stereocenters. The molecule has 98 valence electrons. The lowest BCUT2D eigenvalue weighted by atomic mass is 10.0. The lowest BCUT2D eigenvalue weighted by molar-refractivity contribution is 0.0258. The highest BCUT2D eigenvalue weighted by Gasteiger charge is 2.25. The highest BCUT2D eigenvalue weighted by molar-refractivity contribution is 5.56. The zero-order chi connectivity index (χ0) is 12.4. The third-order valence-corrected chi connectivity index (χ3v) is 3.73. The van der Waals surface area contributed by atoms with E-state index < -0.39 is 0 Å². The minimum Gasteiger partial charge on any atom is -0.371 e. The summed E-state index contributed by atoms with van der Waals surface area (Å²) in [5.74, 6) is -0.145. The number of nitrogens with one attached hydrogen (secondary N) is 1. The number of benzene rings is 1. The van der Waals surface area contributed by atoms with E-state index in [0.29, 0.717) is 13.2 Å². The first kappa shape index (κ1) is 11.9. The molecule has 18 heavy (non-hydrogen) atoms. The molecule has 4 heteroatoms. The van der Waals surface area contributed by atoms with Crippen molar-refractivity contribution in [3.05, 3.63) is 29.6 Å². The van der Waals surface area contributed by atoms with Crippen LogP contribution in [0.3, 0.4) is 0 Å². The number of halogens is 1. The Morgan fingerprint density at radius 1 is 1.28 bits per heavy atom. The number of anilines is 1. The summed E-state index contributed by atoms with van der Waals surface area (Å²) >= 11 is 0. The monoisotopic (exact) mass is 250 g/mol. The van der Waals surface area contributed by atoms with Gasteiger partial charge in [-0.25, -0.2) is 4.39 Å². The van der Waals surface area contributed by atoms with Gasteiger partial charge in [0.2, 0.25) is 0 Å². The van der Waals surface area contributed by atoms with Gasteiger partial charge in [-0.1, -0.05) is 6.07 Å². The maximum absolute atomic E-state index is 14.2. The Labute approximate surface area is 107 Å². The average molecular weight is 250 g/mol. The summed E-state index contributed by atoms with van der Waals surface area (Å²) in [4.78, 5) is 2.27. The second kappa shape index (κ2) is 5.24. The molecular weight excluding hydrogens is 231 g/mol. The molecule has 0 saturated carbocycles. The van der Waals surface area contributed by atoms with Crippen LogP contribution in [0.25, 0.3) is 0 Å². The van der Waals surface area contributed by atoms with Crippen molar-refractivity contribution in [2.45, 2.75) is 18.9 Å². The van der Waals surface area contributed by atoms with Crippen molar-refractivity contribution in [3.8, 4) is 0 Å². The Morgan fingerprint density at radius 2 is 2.11 bits per heavy atom. The highest BCUT2D eigenvalue weighted by Crippen LogP contribution is 2.33. The normalized spacial score (nSPS) is 24.5. The van der Waals surface area contributed by atoms with Gasteiger partial charge in [-0.05, 0) is 25.0 Å². The molecule has 1 N–H and O–H groups in total. The zero-order valence-corrected chi connectivity index (χ0v) is 10.5. The average Bonchev–Trinajstić information content (AvgIpc) is 2.93. The van der Waals surface area contributed by atoms with E-state index in [2.05, 4.69) is 10.2 Å². The van der Waals surface area contributed by atoms with Crippen molar-refractivity contribution in [2.75, 3.05) is 37.7 Å². The maximum atomic E-state index is 14.2. The summed E-state index contributed by atoms with van der Waals surface area (Å²) in [5.41, 5.74) is 1.74. The van der Waals surface area contributed by atoms with E-state index in [-0.39, 0.29) is 11.9 Å². The predicted octanol–water partition coefficient (Wildman–Crippen LogP) is 2.09. The molecule has 1 aromatic rings. The fourth-order valence-corrected chi connectivity index (χ4v) is 2.83. The van der Waals surface area contributed by atoms with Gasteiger partial charge in [0.05, 0.1) is 12.7 Å². The summed E-state index contributed by atoms with van der Waals surface area (Å²) in [7, 11) is 0. The number of hydrogen-bond donors (Lipinski definition) is 1. The first-order valence-electron chi connectivity index (χ1n) is 6.72. The molecule has 0 radical (unpaired) electrons. The van der Waals surface area contributed by atoms with E-state index in [4.69, 9.17) is 4.74 Å². The molecule has 2 aliphatic rings. The molecule has 2 aliphatic heterocycles. The van der Waals surface area contributed by atoms with Crippen LogP contribution in [0.1, 0.15) is 24.5 Å². The van der Waals surface area contributed by atoms with E-state index in [9.17, 15) is 4.39 Å². The van der Waals surface area contributed by atoms with Crippen LogP contribution in [-0.2, 0) is 4.74 Å². The lowest BCUT2D eigenvalue weighted by Gasteiger charge is -2.29. The smallest absolute Gasteiger partial charge is 0.131 e. The maximum Gasteiger partial charge on any atom is 0.131 e. The summed E-state index contributed by atoms with van der Waals surface area (Å²) in [6.45, 7) is 4.25. The first-order valence-corrected chi connectivity index (χ1v) is 6.72. The summed E-state index contributed by atoms with van der Waals surface area (Å²) in [6, 6.07) is 5.34. The molecule has 1 unspecified atom stereocenters. The Kier molecular flexibility index (Phi) is 3.48. The third-order valence-electron chi connectivity index (χ3n) is 3.73. The predicted molar refractivity (Wildman–Crippen MR) is 69.4 cm³/mol. The van der Waals surface area contributed by atoms with Gasteiger partial charge in [-0.2, -0.15) is 0 Å². The molecule has 0 spiro atoms. The van der Waals surface area contributed by atoms with Crippen LogP contribution < -0.4 is 10.2 Å². The molecular formula is C14H19FN2O.